The molecular formula is C18H20N6O. The topological polar surface area (TPSA) is 68.8 Å². The number of aryl methyl sites for hydroxylation is 1. The summed E-state index contributed by atoms with van der Waals surface area (Å²) in [6, 6.07) is 9.96. The molecule has 1 aliphatic heterocycles. The molecule has 1 aliphatic rings. The number of amides is 1. The van der Waals surface area contributed by atoms with E-state index in [1.165, 1.54) is 0 Å². The van der Waals surface area contributed by atoms with Gasteiger partial charge in [-0.2, -0.15) is 5.10 Å². The van der Waals surface area contributed by atoms with E-state index >= 15 is 0 Å². The van der Waals surface area contributed by atoms with Gasteiger partial charge >= 0.3 is 0 Å². The second kappa shape index (κ2) is 6.16. The summed E-state index contributed by atoms with van der Waals surface area (Å²) in [5.41, 5.74) is 4.52. The van der Waals surface area contributed by atoms with E-state index in [4.69, 9.17) is 0 Å². The van der Waals surface area contributed by atoms with Crippen LogP contribution in [0.1, 0.15) is 34.4 Å². The van der Waals surface area contributed by atoms with E-state index in [2.05, 4.69) is 15.4 Å². The maximum absolute atomic E-state index is 12.9. The van der Waals surface area contributed by atoms with Crippen LogP contribution in [-0.2, 0) is 19.5 Å². The van der Waals surface area contributed by atoms with Crippen molar-refractivity contribution in [2.45, 2.75) is 33.4 Å². The Balaban J connectivity index is 1.59. The first kappa shape index (κ1) is 15.6. The van der Waals surface area contributed by atoms with Gasteiger partial charge in [0.1, 0.15) is 5.69 Å². The fourth-order valence-corrected chi connectivity index (χ4v) is 3.30. The standard InChI is InChI=1S/C18H20N6O/c1-3-23-13(2)15(11-19-23)18(25)22-10-9-17-16(12-22)20-21-24(17)14-7-5-4-6-8-14/h4-8,11H,3,9-10,12H2,1-2H3. The van der Waals surface area contributed by atoms with Gasteiger partial charge in [0.2, 0.25) is 0 Å². The molecule has 0 spiro atoms. The number of para-hydroxylation sites is 1. The van der Waals surface area contributed by atoms with Gasteiger partial charge in [-0.25, -0.2) is 4.68 Å². The lowest BCUT2D eigenvalue weighted by molar-refractivity contribution is 0.0730. The van der Waals surface area contributed by atoms with Crippen LogP contribution < -0.4 is 0 Å². The van der Waals surface area contributed by atoms with Crippen molar-refractivity contribution in [2.24, 2.45) is 0 Å². The lowest BCUT2D eigenvalue weighted by Crippen LogP contribution is -2.36. The van der Waals surface area contributed by atoms with Crippen molar-refractivity contribution in [1.82, 2.24) is 29.7 Å². The average molecular weight is 336 g/mol. The molecule has 0 atom stereocenters. The fraction of sp³-hybridized carbons (Fsp3) is 0.333. The maximum Gasteiger partial charge on any atom is 0.257 e. The minimum Gasteiger partial charge on any atom is -0.332 e. The smallest absolute Gasteiger partial charge is 0.257 e. The Kier molecular flexibility index (Phi) is 3.83. The molecule has 0 radical (unpaired) electrons. The lowest BCUT2D eigenvalue weighted by Gasteiger charge is -2.26. The number of hydrogen-bond donors (Lipinski definition) is 0. The second-order valence-corrected chi connectivity index (χ2v) is 6.17. The predicted molar refractivity (Wildman–Crippen MR) is 92.4 cm³/mol. The van der Waals surface area contributed by atoms with Crippen molar-refractivity contribution in [1.29, 1.82) is 0 Å². The Morgan fingerprint density at radius 1 is 1.24 bits per heavy atom. The van der Waals surface area contributed by atoms with E-state index in [1.54, 1.807) is 6.20 Å². The molecule has 128 valence electrons. The molecule has 0 unspecified atom stereocenters. The summed E-state index contributed by atoms with van der Waals surface area (Å²) < 4.78 is 3.71. The van der Waals surface area contributed by atoms with Gasteiger partial charge in [-0.15, -0.1) is 5.10 Å². The van der Waals surface area contributed by atoms with Crippen molar-refractivity contribution >= 4 is 5.91 Å². The van der Waals surface area contributed by atoms with Gasteiger partial charge in [-0.05, 0) is 26.0 Å². The molecule has 1 aromatic carbocycles. The zero-order chi connectivity index (χ0) is 17.4. The van der Waals surface area contributed by atoms with Gasteiger partial charge in [0.25, 0.3) is 5.91 Å². The normalized spacial score (nSPS) is 13.8. The molecule has 25 heavy (non-hydrogen) atoms. The summed E-state index contributed by atoms with van der Waals surface area (Å²) in [7, 11) is 0. The molecule has 7 heteroatoms. The van der Waals surface area contributed by atoms with Gasteiger partial charge in [0, 0.05) is 25.2 Å². The number of carbonyl (C=O) groups excluding carboxylic acids is 1. The summed E-state index contributed by atoms with van der Waals surface area (Å²) in [4.78, 5) is 14.7. The molecule has 0 saturated carbocycles. The molecule has 4 rings (SSSR count). The molecule has 3 aromatic rings. The zero-order valence-corrected chi connectivity index (χ0v) is 14.4. The summed E-state index contributed by atoms with van der Waals surface area (Å²) >= 11 is 0. The SMILES string of the molecule is CCn1ncc(C(=O)N2CCc3c(nnn3-c3ccccc3)C2)c1C. The molecule has 0 saturated heterocycles. The number of nitrogens with zero attached hydrogens (tertiary/aromatic N) is 6. The number of carbonyl (C=O) groups is 1. The molecular weight excluding hydrogens is 316 g/mol. The van der Waals surface area contributed by atoms with Crippen LogP contribution in [0.15, 0.2) is 36.5 Å². The summed E-state index contributed by atoms with van der Waals surface area (Å²) in [6.45, 7) is 5.85. The van der Waals surface area contributed by atoms with Crippen LogP contribution in [0.25, 0.3) is 5.69 Å². The van der Waals surface area contributed by atoms with Gasteiger partial charge in [-0.1, -0.05) is 23.4 Å². The number of fused-ring (bicyclic) bond motifs is 1. The first-order valence-electron chi connectivity index (χ1n) is 8.49. The minimum absolute atomic E-state index is 0.0112. The monoisotopic (exact) mass is 336 g/mol. The molecule has 1 amide bonds. The third kappa shape index (κ3) is 2.61. The van der Waals surface area contributed by atoms with E-state index in [9.17, 15) is 4.79 Å². The van der Waals surface area contributed by atoms with Gasteiger partial charge in [0.05, 0.1) is 29.7 Å². The number of rotatable bonds is 3. The van der Waals surface area contributed by atoms with Crippen molar-refractivity contribution in [3.8, 4) is 5.69 Å². The maximum atomic E-state index is 12.9. The molecule has 0 aliphatic carbocycles. The first-order chi connectivity index (χ1) is 12.2. The summed E-state index contributed by atoms with van der Waals surface area (Å²) in [5.74, 6) is 0.0112. The van der Waals surface area contributed by atoms with Crippen LogP contribution in [0, 0.1) is 6.92 Å². The van der Waals surface area contributed by atoms with Crippen LogP contribution >= 0.6 is 0 Å². The highest BCUT2D eigenvalue weighted by molar-refractivity contribution is 5.95. The number of benzene rings is 1. The zero-order valence-electron chi connectivity index (χ0n) is 14.4. The van der Waals surface area contributed by atoms with Gasteiger partial charge < -0.3 is 4.90 Å². The highest BCUT2D eigenvalue weighted by Crippen LogP contribution is 2.22. The molecule has 2 aromatic heterocycles. The Bertz CT molecular complexity index is 911. The van der Waals surface area contributed by atoms with E-state index in [0.717, 1.165) is 35.7 Å². The highest BCUT2D eigenvalue weighted by Gasteiger charge is 2.28. The fourth-order valence-electron chi connectivity index (χ4n) is 3.30. The van der Waals surface area contributed by atoms with Crippen molar-refractivity contribution in [3.05, 3.63) is 59.2 Å². The summed E-state index contributed by atoms with van der Waals surface area (Å²) in [5, 5.41) is 12.9. The van der Waals surface area contributed by atoms with Crippen LogP contribution in [-0.4, -0.2) is 42.1 Å². The molecule has 7 nitrogen and oxygen atoms in total. The van der Waals surface area contributed by atoms with E-state index in [-0.39, 0.29) is 5.91 Å². The van der Waals surface area contributed by atoms with Crippen molar-refractivity contribution in [2.75, 3.05) is 6.54 Å². The van der Waals surface area contributed by atoms with Crippen LogP contribution in [0.4, 0.5) is 0 Å². The van der Waals surface area contributed by atoms with Gasteiger partial charge in [-0.3, -0.25) is 9.48 Å². The van der Waals surface area contributed by atoms with Crippen molar-refractivity contribution < 1.29 is 4.79 Å². The molecule has 0 N–H and O–H groups in total. The lowest BCUT2D eigenvalue weighted by atomic mass is 10.1. The third-order valence-corrected chi connectivity index (χ3v) is 4.72. The number of hydrogen-bond acceptors (Lipinski definition) is 4. The third-order valence-electron chi connectivity index (χ3n) is 4.72. The largest absolute Gasteiger partial charge is 0.332 e. The Labute approximate surface area is 145 Å². The van der Waals surface area contributed by atoms with Crippen LogP contribution in [0.3, 0.4) is 0 Å². The van der Waals surface area contributed by atoms with Crippen LogP contribution in [0.5, 0.6) is 0 Å². The minimum atomic E-state index is 0.0112. The van der Waals surface area contributed by atoms with Crippen molar-refractivity contribution in [3.63, 3.8) is 0 Å². The Morgan fingerprint density at radius 3 is 2.76 bits per heavy atom. The molecule has 0 bridgehead atoms. The highest BCUT2D eigenvalue weighted by atomic mass is 16.2. The molecule has 0 fully saturated rings. The Hall–Kier alpha value is -2.96. The predicted octanol–water partition coefficient (Wildman–Crippen LogP) is 1.99. The first-order valence-corrected chi connectivity index (χ1v) is 8.49. The van der Waals surface area contributed by atoms with E-state index in [0.29, 0.717) is 18.7 Å². The Morgan fingerprint density at radius 2 is 2.04 bits per heavy atom. The second-order valence-electron chi connectivity index (χ2n) is 6.17. The average Bonchev–Trinajstić information content (AvgIpc) is 3.24. The quantitative estimate of drug-likeness (QED) is 0.733. The van der Waals surface area contributed by atoms with E-state index < -0.39 is 0 Å². The van der Waals surface area contributed by atoms with E-state index in [1.807, 2.05) is 58.4 Å². The number of aromatic nitrogens is 5. The molecule has 3 heterocycles. The van der Waals surface area contributed by atoms with Crippen LogP contribution in [0.2, 0.25) is 0 Å². The van der Waals surface area contributed by atoms with Gasteiger partial charge in [0.15, 0.2) is 0 Å². The summed E-state index contributed by atoms with van der Waals surface area (Å²) in [6.07, 6.45) is 2.40.